The summed E-state index contributed by atoms with van der Waals surface area (Å²) in [5.41, 5.74) is 9.69. The molecule has 0 unspecified atom stereocenters. The number of nitrogen functional groups attached to an aromatic ring is 2. The molecule has 13 heavy (non-hydrogen) atoms. The van der Waals surface area contributed by atoms with Crippen LogP contribution in [0, 0.1) is 0 Å². The molecule has 0 spiro atoms. The lowest BCUT2D eigenvalue weighted by Crippen LogP contribution is -2.18. The number of halogens is 1. The monoisotopic (exact) mass is 224 g/mol. The molecule has 1 aromatic rings. The van der Waals surface area contributed by atoms with Gasteiger partial charge in [0.2, 0.25) is 5.57 Å². The Bertz CT molecular complexity index is 368. The number of rotatable bonds is 1. The van der Waals surface area contributed by atoms with E-state index < -0.39 is 13.2 Å². The first kappa shape index (κ1) is 10.2. The van der Waals surface area contributed by atoms with Gasteiger partial charge < -0.3 is 21.3 Å². The summed E-state index contributed by atoms with van der Waals surface area (Å²) in [5, 5.41) is -0.114. The molecular formula is C4H6ClN4O3P. The minimum absolute atomic E-state index is 0.114. The van der Waals surface area contributed by atoms with Crippen molar-refractivity contribution in [2.75, 3.05) is 11.5 Å². The van der Waals surface area contributed by atoms with Crippen LogP contribution in [0.2, 0.25) is 5.02 Å². The van der Waals surface area contributed by atoms with Gasteiger partial charge in [-0.25, -0.2) is 9.97 Å². The van der Waals surface area contributed by atoms with Gasteiger partial charge in [-0.1, -0.05) is 11.6 Å². The van der Waals surface area contributed by atoms with E-state index in [1.54, 1.807) is 0 Å². The van der Waals surface area contributed by atoms with Crippen molar-refractivity contribution < 1.29 is 14.4 Å². The van der Waals surface area contributed by atoms with Gasteiger partial charge in [-0.15, -0.1) is 0 Å². The molecule has 9 heteroatoms. The van der Waals surface area contributed by atoms with E-state index in [4.69, 9.17) is 32.9 Å². The maximum absolute atomic E-state index is 10.7. The first-order valence-electron chi connectivity index (χ1n) is 2.97. The van der Waals surface area contributed by atoms with Crippen LogP contribution in [0.5, 0.6) is 0 Å². The molecule has 0 amide bonds. The van der Waals surface area contributed by atoms with Gasteiger partial charge in [0.1, 0.15) is 16.7 Å². The number of nitrogens with zero attached hydrogens (tertiary/aromatic N) is 2. The van der Waals surface area contributed by atoms with Crippen LogP contribution in [0.1, 0.15) is 0 Å². The standard InChI is InChI=1S/C4H6ClN4O3P/c5-1-2(6)8-4(9-3(1)7)13(10,11)12/h(H2,10,11,12)(H4,6,7,8,9). The number of hydrogen-bond donors (Lipinski definition) is 4. The van der Waals surface area contributed by atoms with E-state index in [0.717, 1.165) is 0 Å². The van der Waals surface area contributed by atoms with Crippen LogP contribution in [-0.2, 0) is 4.57 Å². The van der Waals surface area contributed by atoms with Gasteiger partial charge in [0.15, 0.2) is 0 Å². The summed E-state index contributed by atoms with van der Waals surface area (Å²) in [5.74, 6) is -0.514. The maximum atomic E-state index is 10.7. The van der Waals surface area contributed by atoms with Crippen LogP contribution in [0.15, 0.2) is 0 Å². The molecule has 0 aliphatic carbocycles. The van der Waals surface area contributed by atoms with Crippen molar-refractivity contribution in [1.82, 2.24) is 9.97 Å². The number of aromatic nitrogens is 2. The van der Waals surface area contributed by atoms with Gasteiger partial charge in [-0.3, -0.25) is 4.57 Å². The molecule has 0 saturated carbocycles. The van der Waals surface area contributed by atoms with Crippen molar-refractivity contribution in [2.45, 2.75) is 0 Å². The molecule has 0 radical (unpaired) electrons. The highest BCUT2D eigenvalue weighted by Crippen LogP contribution is 2.33. The lowest BCUT2D eigenvalue weighted by atomic mass is 10.5. The molecule has 1 rings (SSSR count). The molecule has 0 bridgehead atoms. The molecule has 0 saturated heterocycles. The third kappa shape index (κ3) is 2.07. The Hall–Kier alpha value is -0.880. The quantitative estimate of drug-likeness (QED) is 0.454. The molecule has 0 aliphatic heterocycles. The van der Waals surface area contributed by atoms with Crippen molar-refractivity contribution >= 4 is 36.4 Å². The Kier molecular flexibility index (Phi) is 2.44. The summed E-state index contributed by atoms with van der Waals surface area (Å²) in [6.07, 6.45) is 0. The smallest absolute Gasteiger partial charge is 0.382 e. The van der Waals surface area contributed by atoms with Gasteiger partial charge in [0.25, 0.3) is 0 Å². The fourth-order valence-electron chi connectivity index (χ4n) is 0.600. The van der Waals surface area contributed by atoms with Crippen LogP contribution in [0.25, 0.3) is 0 Å². The van der Waals surface area contributed by atoms with Crippen molar-refractivity contribution in [3.63, 3.8) is 0 Å². The second kappa shape index (κ2) is 3.12. The fourth-order valence-corrected chi connectivity index (χ4v) is 1.16. The highest BCUT2D eigenvalue weighted by atomic mass is 35.5. The largest absolute Gasteiger partial charge is 0.393 e. The lowest BCUT2D eigenvalue weighted by molar-refractivity contribution is 0.385. The predicted molar refractivity (Wildman–Crippen MR) is 47.5 cm³/mol. The molecule has 6 N–H and O–H groups in total. The summed E-state index contributed by atoms with van der Waals surface area (Å²) in [6, 6.07) is 0. The summed E-state index contributed by atoms with van der Waals surface area (Å²) < 4.78 is 10.7. The average Bonchev–Trinajstić information content (AvgIpc) is 1.97. The van der Waals surface area contributed by atoms with E-state index in [-0.39, 0.29) is 16.7 Å². The molecule has 0 fully saturated rings. The minimum Gasteiger partial charge on any atom is -0.382 e. The van der Waals surface area contributed by atoms with Gasteiger partial charge in [0, 0.05) is 0 Å². The minimum atomic E-state index is -4.53. The molecule has 1 heterocycles. The second-order valence-corrected chi connectivity index (χ2v) is 4.02. The topological polar surface area (TPSA) is 135 Å². The Morgan fingerprint density at radius 1 is 1.23 bits per heavy atom. The van der Waals surface area contributed by atoms with Crippen LogP contribution < -0.4 is 17.0 Å². The van der Waals surface area contributed by atoms with Crippen LogP contribution >= 0.6 is 19.2 Å². The average molecular weight is 225 g/mol. The molecule has 0 aliphatic rings. The van der Waals surface area contributed by atoms with E-state index in [9.17, 15) is 4.57 Å². The Morgan fingerprint density at radius 3 is 1.92 bits per heavy atom. The first-order chi connectivity index (χ1) is 5.82. The highest BCUT2D eigenvalue weighted by molar-refractivity contribution is 7.59. The van der Waals surface area contributed by atoms with E-state index in [0.29, 0.717) is 0 Å². The Labute approximate surface area is 77.9 Å². The highest BCUT2D eigenvalue weighted by Gasteiger charge is 2.23. The first-order valence-corrected chi connectivity index (χ1v) is 4.96. The molecule has 7 nitrogen and oxygen atoms in total. The third-order valence-electron chi connectivity index (χ3n) is 1.15. The van der Waals surface area contributed by atoms with Crippen molar-refractivity contribution in [3.05, 3.63) is 5.02 Å². The number of anilines is 2. The van der Waals surface area contributed by atoms with Crippen LogP contribution in [-0.4, -0.2) is 19.8 Å². The van der Waals surface area contributed by atoms with Crippen LogP contribution in [0.3, 0.4) is 0 Å². The Balaban J connectivity index is 3.38. The van der Waals surface area contributed by atoms with Crippen molar-refractivity contribution in [2.24, 2.45) is 0 Å². The molecule has 0 aromatic carbocycles. The zero-order valence-electron chi connectivity index (χ0n) is 6.18. The summed E-state index contributed by atoms with van der Waals surface area (Å²) in [6.45, 7) is 0. The summed E-state index contributed by atoms with van der Waals surface area (Å²) in [7, 11) is -4.53. The second-order valence-electron chi connectivity index (χ2n) is 2.15. The van der Waals surface area contributed by atoms with E-state index in [2.05, 4.69) is 9.97 Å². The molecule has 1 aromatic heterocycles. The van der Waals surface area contributed by atoms with Crippen LogP contribution in [0.4, 0.5) is 11.6 Å². The zero-order chi connectivity index (χ0) is 10.2. The van der Waals surface area contributed by atoms with Gasteiger partial charge in [0.05, 0.1) is 0 Å². The number of hydrogen-bond acceptors (Lipinski definition) is 5. The SMILES string of the molecule is Nc1nc(P(=O)(O)O)nc(N)c1Cl. The fraction of sp³-hybridized carbons (Fsp3) is 0. The molecular weight excluding hydrogens is 218 g/mol. The van der Waals surface area contributed by atoms with E-state index >= 15 is 0 Å². The predicted octanol–water partition coefficient (Wildman–Crippen LogP) is -0.903. The van der Waals surface area contributed by atoms with Gasteiger partial charge >= 0.3 is 7.60 Å². The molecule has 0 atom stereocenters. The summed E-state index contributed by atoms with van der Waals surface area (Å²) in [4.78, 5) is 23.9. The van der Waals surface area contributed by atoms with Crippen molar-refractivity contribution in [3.8, 4) is 0 Å². The van der Waals surface area contributed by atoms with E-state index in [1.807, 2.05) is 0 Å². The Morgan fingerprint density at radius 2 is 1.62 bits per heavy atom. The number of nitrogens with two attached hydrogens (primary N) is 2. The van der Waals surface area contributed by atoms with E-state index in [1.165, 1.54) is 0 Å². The van der Waals surface area contributed by atoms with Gasteiger partial charge in [-0.05, 0) is 0 Å². The third-order valence-corrected chi connectivity index (χ3v) is 2.26. The van der Waals surface area contributed by atoms with Crippen molar-refractivity contribution in [1.29, 1.82) is 0 Å². The maximum Gasteiger partial charge on any atom is 0.393 e. The normalized spacial score (nSPS) is 11.6. The molecule has 72 valence electrons. The van der Waals surface area contributed by atoms with Gasteiger partial charge in [-0.2, -0.15) is 0 Å². The zero-order valence-corrected chi connectivity index (χ0v) is 7.83. The summed E-state index contributed by atoms with van der Waals surface area (Å²) >= 11 is 5.47. The lowest BCUT2D eigenvalue weighted by Gasteiger charge is -2.05.